The molecule has 4 nitrogen and oxygen atoms in total. The second-order valence-electron chi connectivity index (χ2n) is 8.97. The quantitative estimate of drug-likeness (QED) is 0.252. The van der Waals surface area contributed by atoms with E-state index in [9.17, 15) is 10.00 Å². The molecule has 5 aromatic rings. The molecule has 5 rings (SSSR count). The average molecular weight is 509 g/mol. The van der Waals surface area contributed by atoms with Crippen LogP contribution in [0.3, 0.4) is 0 Å². The number of benzene rings is 5. The van der Waals surface area contributed by atoms with Gasteiger partial charge in [-0.1, -0.05) is 17.7 Å². The Hall–Kier alpha value is -4.11. The zero-order valence-electron chi connectivity index (χ0n) is 20.5. The first-order valence-corrected chi connectivity index (χ1v) is 14.1. The fraction of sp³-hybridized carbons (Fsp3) is 0.0625. The Labute approximate surface area is 217 Å². The van der Waals surface area contributed by atoms with Crippen LogP contribution in [0.15, 0.2) is 127 Å². The number of rotatable bonds is 8. The average Bonchev–Trinajstić information content (AvgIpc) is 2.95. The molecule has 0 aromatic heterocycles. The van der Waals surface area contributed by atoms with Crippen molar-refractivity contribution in [2.24, 2.45) is 0 Å². The first-order valence-electron chi connectivity index (χ1n) is 12.2. The molecule has 0 heterocycles. The smallest absolute Gasteiger partial charge is 0.0556 e. The topological polar surface area (TPSA) is 58.9 Å². The van der Waals surface area contributed by atoms with Gasteiger partial charge < -0.3 is 0 Å². The van der Waals surface area contributed by atoms with Crippen molar-refractivity contribution in [3.63, 3.8) is 0 Å². The monoisotopic (exact) mass is 508 g/mol. The minimum Gasteiger partial charge on any atom is -0.0556 e. The maximum absolute atomic E-state index is 12.2. The standard InChI is InChI=1S/C32H29O4P/c1-24-12-16-26(17-13-24)36-27-18-14-25(15-19-27)23-35-28-20-21-31(33)32(22-28)37(34,29-8-4-2-5-9-29)30-10-6-3-7-11-30/h2-22,33-34,37H,23H2,1H3. The Morgan fingerprint density at radius 3 is 1.70 bits per heavy atom. The van der Waals surface area contributed by atoms with Crippen molar-refractivity contribution in [1.29, 1.82) is 0 Å². The third kappa shape index (κ3) is 5.51. The van der Waals surface area contributed by atoms with Crippen molar-refractivity contribution in [3.8, 4) is 23.0 Å². The van der Waals surface area contributed by atoms with Crippen molar-refractivity contribution >= 4 is 23.4 Å². The molecular weight excluding hydrogens is 479 g/mol. The van der Waals surface area contributed by atoms with Gasteiger partial charge in [0.2, 0.25) is 0 Å². The Morgan fingerprint density at radius 1 is 0.622 bits per heavy atom. The minimum absolute atomic E-state index is 0.0480. The van der Waals surface area contributed by atoms with Crippen LogP contribution in [-0.4, -0.2) is 10.00 Å². The number of hydrogen-bond acceptors (Lipinski definition) is 4. The van der Waals surface area contributed by atoms with E-state index in [2.05, 4.69) is 0 Å². The zero-order valence-corrected chi connectivity index (χ0v) is 21.5. The van der Waals surface area contributed by atoms with Crippen LogP contribution in [0.1, 0.15) is 11.1 Å². The molecule has 0 atom stereocenters. The molecule has 2 N–H and O–H groups in total. The molecule has 0 aliphatic carbocycles. The van der Waals surface area contributed by atoms with E-state index in [4.69, 9.17) is 9.47 Å². The Morgan fingerprint density at radius 2 is 1.14 bits per heavy atom. The van der Waals surface area contributed by atoms with Crippen LogP contribution in [0.25, 0.3) is 0 Å². The molecule has 0 spiro atoms. The van der Waals surface area contributed by atoms with Crippen molar-refractivity contribution in [3.05, 3.63) is 139 Å². The summed E-state index contributed by atoms with van der Waals surface area (Å²) in [6.45, 7) is 2.38. The number of hydrogen-bond donors (Lipinski definition) is 2. The number of aryl methyl sites for hydroxylation is 1. The van der Waals surface area contributed by atoms with Gasteiger partial charge in [0.25, 0.3) is 0 Å². The van der Waals surface area contributed by atoms with Crippen molar-refractivity contribution in [1.82, 2.24) is 0 Å². The van der Waals surface area contributed by atoms with Crippen molar-refractivity contribution in [2.75, 3.05) is 0 Å². The molecule has 0 fully saturated rings. The summed E-state index contributed by atoms with van der Waals surface area (Å²) in [5.74, 6) is 2.17. The van der Waals surface area contributed by atoms with Crippen molar-refractivity contribution < 1.29 is 19.5 Å². The summed E-state index contributed by atoms with van der Waals surface area (Å²) in [6, 6.07) is 39.8. The molecule has 0 unspecified atom stereocenters. The van der Waals surface area contributed by atoms with Crippen LogP contribution in [0, 0.1) is 6.92 Å². The van der Waals surface area contributed by atoms with E-state index < -0.39 is 7.49 Å². The Balaban J connectivity index is 1.36. The SMILES string of the molecule is Cc1ccc(Oc2ccc(COc3ccc(O)c([PH](O)(c4ccccc4)c4ccccc4)c3)cc2)cc1. The van der Waals surface area contributed by atoms with Crippen LogP contribution in [-0.2, 0) is 6.61 Å². The molecule has 5 heteroatoms. The number of aromatic hydroxyl groups is 1. The molecule has 0 aliphatic heterocycles. The van der Waals surface area contributed by atoms with Gasteiger partial charge in [0.05, 0.1) is 0 Å². The van der Waals surface area contributed by atoms with E-state index in [1.165, 1.54) is 5.56 Å². The van der Waals surface area contributed by atoms with E-state index in [-0.39, 0.29) is 5.75 Å². The van der Waals surface area contributed by atoms with Gasteiger partial charge in [-0.05, 0) is 6.92 Å². The van der Waals surface area contributed by atoms with Gasteiger partial charge in [-0.3, -0.25) is 0 Å². The van der Waals surface area contributed by atoms with Crippen LogP contribution in [0.4, 0.5) is 0 Å². The second-order valence-corrected chi connectivity index (χ2v) is 12.1. The third-order valence-corrected chi connectivity index (χ3v) is 9.84. The summed E-state index contributed by atoms with van der Waals surface area (Å²) >= 11 is 0. The van der Waals surface area contributed by atoms with Gasteiger partial charge in [0.15, 0.2) is 0 Å². The molecule has 0 saturated heterocycles. The predicted molar refractivity (Wildman–Crippen MR) is 152 cm³/mol. The van der Waals surface area contributed by atoms with E-state index in [0.29, 0.717) is 17.7 Å². The Kier molecular flexibility index (Phi) is 7.23. The van der Waals surface area contributed by atoms with Gasteiger partial charge in [-0.25, -0.2) is 0 Å². The molecule has 0 radical (unpaired) electrons. The van der Waals surface area contributed by atoms with E-state index >= 15 is 0 Å². The van der Waals surface area contributed by atoms with Gasteiger partial charge in [-0.15, -0.1) is 0 Å². The summed E-state index contributed by atoms with van der Waals surface area (Å²) in [5, 5.41) is 12.9. The van der Waals surface area contributed by atoms with E-state index in [0.717, 1.165) is 27.7 Å². The van der Waals surface area contributed by atoms with E-state index in [1.807, 2.05) is 116 Å². The minimum atomic E-state index is -3.46. The number of ether oxygens (including phenoxy) is 2. The number of phenolic OH excluding ortho intramolecular Hbond substituents is 1. The molecule has 5 aromatic carbocycles. The van der Waals surface area contributed by atoms with Crippen LogP contribution < -0.4 is 25.4 Å². The summed E-state index contributed by atoms with van der Waals surface area (Å²) in [4.78, 5) is 12.2. The summed E-state index contributed by atoms with van der Waals surface area (Å²) < 4.78 is 12.0. The first kappa shape index (κ1) is 24.6. The van der Waals surface area contributed by atoms with Gasteiger partial charge >= 0.3 is 193 Å². The third-order valence-electron chi connectivity index (χ3n) is 6.33. The molecule has 0 bridgehead atoms. The molecule has 37 heavy (non-hydrogen) atoms. The molecule has 0 amide bonds. The van der Waals surface area contributed by atoms with Gasteiger partial charge in [-0.2, -0.15) is 0 Å². The number of phenols is 1. The second kappa shape index (κ2) is 10.9. The molecule has 186 valence electrons. The predicted octanol–water partition coefficient (Wildman–Crippen LogP) is 6.01. The fourth-order valence-electron chi connectivity index (χ4n) is 4.29. The van der Waals surface area contributed by atoms with Crippen LogP contribution in [0.2, 0.25) is 0 Å². The summed E-state index contributed by atoms with van der Waals surface area (Å²) in [7, 11) is -3.46. The normalized spacial score (nSPS) is 11.6. The van der Waals surface area contributed by atoms with Crippen LogP contribution >= 0.6 is 7.49 Å². The first-order chi connectivity index (χ1) is 18.0. The van der Waals surface area contributed by atoms with Crippen molar-refractivity contribution in [2.45, 2.75) is 13.5 Å². The molecule has 0 saturated carbocycles. The van der Waals surface area contributed by atoms with E-state index in [1.54, 1.807) is 18.2 Å². The maximum atomic E-state index is 12.2. The van der Waals surface area contributed by atoms with Crippen LogP contribution in [0.5, 0.6) is 23.0 Å². The molecular formula is C32H29O4P. The summed E-state index contributed by atoms with van der Waals surface area (Å²) in [5.41, 5.74) is 2.16. The summed E-state index contributed by atoms with van der Waals surface area (Å²) in [6.07, 6.45) is 0. The zero-order chi connectivity index (χ0) is 25.7. The van der Waals surface area contributed by atoms with Gasteiger partial charge in [0, 0.05) is 0 Å². The molecule has 0 aliphatic rings. The fourth-order valence-corrected chi connectivity index (χ4v) is 7.40. The Bertz CT molecular complexity index is 1410. The van der Waals surface area contributed by atoms with Gasteiger partial charge in [0.1, 0.15) is 0 Å².